The molecule has 0 aliphatic heterocycles. The van der Waals surface area contributed by atoms with E-state index >= 15 is 0 Å². The summed E-state index contributed by atoms with van der Waals surface area (Å²) in [6, 6.07) is 15.7. The number of aryl methyl sites for hydroxylation is 1. The van der Waals surface area contributed by atoms with Gasteiger partial charge in [0.1, 0.15) is 12.4 Å². The number of amides is 3. The van der Waals surface area contributed by atoms with Gasteiger partial charge in [-0.05, 0) is 69.1 Å². The minimum atomic E-state index is -1.03. The second-order valence-corrected chi connectivity index (χ2v) is 10.5. The van der Waals surface area contributed by atoms with Crippen molar-refractivity contribution in [1.29, 1.82) is 10.9 Å². The molecule has 0 saturated carbocycles. The Hall–Kier alpha value is -4.94. The fourth-order valence-corrected chi connectivity index (χ4v) is 4.19. The SMILES string of the molecule is Cc1ccc(NC(=O)C(Cc2ccc(NC(=O)CCN(C)C)cc2)NC(=O)/C=C/c2c(N(C=N)N=N)ccc(Cl)c2F)cc1. The molecule has 3 aromatic rings. The van der Waals surface area contributed by atoms with Crippen LogP contribution in [0.1, 0.15) is 23.1 Å². The summed E-state index contributed by atoms with van der Waals surface area (Å²) in [7, 11) is 3.77. The standard InChI is InChI=1S/C31H34ClFN8O3/c1-20-4-8-23(9-5-20)37-31(44)26(18-21-6-10-22(11-7-21)36-29(43)16-17-40(2)3)38-28(42)15-12-24-27(41(19-34)39-35)14-13-25(32)30(24)33/h4-15,19,26,34-35H,16-18H2,1-3H3,(H,36,43)(H,37,44)(H,38,42)/b15-12+,34-19?,39-35?. The number of carbonyl (C=O) groups is 3. The summed E-state index contributed by atoms with van der Waals surface area (Å²) < 4.78 is 14.9. The molecule has 3 rings (SSSR count). The molecule has 44 heavy (non-hydrogen) atoms. The van der Waals surface area contributed by atoms with Gasteiger partial charge in [0.05, 0.1) is 10.7 Å². The fourth-order valence-electron chi connectivity index (χ4n) is 4.03. The summed E-state index contributed by atoms with van der Waals surface area (Å²) in [5.41, 5.74) is 9.96. The molecule has 0 saturated heterocycles. The third-order valence-corrected chi connectivity index (χ3v) is 6.70. The summed E-state index contributed by atoms with van der Waals surface area (Å²) in [5.74, 6) is -2.17. The van der Waals surface area contributed by atoms with Crippen molar-refractivity contribution in [2.24, 2.45) is 5.22 Å². The number of nitrogens with zero attached hydrogens (tertiary/aromatic N) is 3. The Bertz CT molecular complexity index is 1520. The summed E-state index contributed by atoms with van der Waals surface area (Å²) in [6.45, 7) is 2.53. The topological polar surface area (TPSA) is 154 Å². The van der Waals surface area contributed by atoms with E-state index in [2.05, 4.69) is 21.2 Å². The minimum absolute atomic E-state index is 0.0171. The molecule has 230 valence electrons. The highest BCUT2D eigenvalue weighted by molar-refractivity contribution is 6.31. The molecule has 1 atom stereocenters. The fraction of sp³-hybridized carbons (Fsp3) is 0.226. The lowest BCUT2D eigenvalue weighted by Crippen LogP contribution is -2.44. The molecule has 0 bridgehead atoms. The predicted octanol–water partition coefficient (Wildman–Crippen LogP) is 5.42. The first kappa shape index (κ1) is 33.6. The Morgan fingerprint density at radius 2 is 1.64 bits per heavy atom. The third kappa shape index (κ3) is 9.82. The van der Waals surface area contributed by atoms with E-state index in [0.717, 1.165) is 22.7 Å². The van der Waals surface area contributed by atoms with Crippen LogP contribution < -0.4 is 21.0 Å². The summed E-state index contributed by atoms with van der Waals surface area (Å²) in [6.07, 6.45) is 3.33. The van der Waals surface area contributed by atoms with Gasteiger partial charge >= 0.3 is 0 Å². The van der Waals surface area contributed by atoms with Crippen molar-refractivity contribution in [2.45, 2.75) is 25.8 Å². The van der Waals surface area contributed by atoms with Crippen LogP contribution in [0.5, 0.6) is 0 Å². The largest absolute Gasteiger partial charge is 0.340 e. The number of halogens is 2. The lowest BCUT2D eigenvalue weighted by atomic mass is 10.0. The number of hydrogen-bond donors (Lipinski definition) is 5. The van der Waals surface area contributed by atoms with Crippen molar-refractivity contribution in [1.82, 2.24) is 10.2 Å². The van der Waals surface area contributed by atoms with Crippen molar-refractivity contribution in [2.75, 3.05) is 36.3 Å². The van der Waals surface area contributed by atoms with Gasteiger partial charge in [-0.25, -0.2) is 9.40 Å². The number of rotatable bonds is 14. The highest BCUT2D eigenvalue weighted by Gasteiger charge is 2.22. The first-order valence-corrected chi connectivity index (χ1v) is 13.9. The lowest BCUT2D eigenvalue weighted by Gasteiger charge is -2.19. The number of benzene rings is 3. The quantitative estimate of drug-likeness (QED) is 0.0536. The Morgan fingerprint density at radius 3 is 2.25 bits per heavy atom. The lowest BCUT2D eigenvalue weighted by molar-refractivity contribution is -0.123. The average molecular weight is 621 g/mol. The van der Waals surface area contributed by atoms with Crippen LogP contribution in [0.15, 0.2) is 72.0 Å². The smallest absolute Gasteiger partial charge is 0.247 e. The van der Waals surface area contributed by atoms with Gasteiger partial charge in [0, 0.05) is 42.4 Å². The second kappa shape index (κ2) is 16.1. The third-order valence-electron chi connectivity index (χ3n) is 6.40. The van der Waals surface area contributed by atoms with Crippen LogP contribution in [-0.2, 0) is 20.8 Å². The molecule has 1 unspecified atom stereocenters. The number of nitrogens with one attached hydrogen (secondary N) is 5. The van der Waals surface area contributed by atoms with Crippen LogP contribution in [-0.4, -0.2) is 55.6 Å². The second-order valence-electron chi connectivity index (χ2n) is 10.1. The van der Waals surface area contributed by atoms with E-state index in [1.165, 1.54) is 12.1 Å². The van der Waals surface area contributed by atoms with Gasteiger partial charge in [-0.1, -0.05) is 46.7 Å². The van der Waals surface area contributed by atoms with Crippen molar-refractivity contribution in [3.8, 4) is 0 Å². The van der Waals surface area contributed by atoms with Crippen LogP contribution in [0.4, 0.5) is 21.5 Å². The van der Waals surface area contributed by atoms with Crippen molar-refractivity contribution in [3.63, 3.8) is 0 Å². The summed E-state index contributed by atoms with van der Waals surface area (Å²) in [5, 5.41) is 19.5. The Labute approximate surface area is 260 Å². The average Bonchev–Trinajstić information content (AvgIpc) is 2.99. The Morgan fingerprint density at radius 1 is 1.00 bits per heavy atom. The summed E-state index contributed by atoms with van der Waals surface area (Å²) >= 11 is 5.92. The molecule has 5 N–H and O–H groups in total. The summed E-state index contributed by atoms with van der Waals surface area (Å²) in [4.78, 5) is 40.4. The van der Waals surface area contributed by atoms with Gasteiger partial charge < -0.3 is 20.9 Å². The number of anilines is 3. The maximum Gasteiger partial charge on any atom is 0.247 e. The van der Waals surface area contributed by atoms with E-state index in [1.807, 2.05) is 38.1 Å². The van der Waals surface area contributed by atoms with Crippen LogP contribution in [0.3, 0.4) is 0 Å². The van der Waals surface area contributed by atoms with Gasteiger partial charge in [-0.15, -0.1) is 0 Å². The van der Waals surface area contributed by atoms with Gasteiger partial charge in [0.2, 0.25) is 17.7 Å². The van der Waals surface area contributed by atoms with E-state index in [0.29, 0.717) is 36.2 Å². The first-order valence-electron chi connectivity index (χ1n) is 13.6. The van der Waals surface area contributed by atoms with Gasteiger partial charge in [0.15, 0.2) is 5.82 Å². The van der Waals surface area contributed by atoms with E-state index < -0.39 is 23.7 Å². The number of hydrogen-bond acceptors (Lipinski definition) is 7. The molecule has 0 aromatic heterocycles. The Balaban J connectivity index is 1.81. The molecule has 3 aromatic carbocycles. The van der Waals surface area contributed by atoms with Crippen LogP contribution in [0.2, 0.25) is 5.02 Å². The monoisotopic (exact) mass is 620 g/mol. The van der Waals surface area contributed by atoms with Crippen LogP contribution >= 0.6 is 11.6 Å². The van der Waals surface area contributed by atoms with Crippen molar-refractivity contribution in [3.05, 3.63) is 94.3 Å². The van der Waals surface area contributed by atoms with E-state index in [9.17, 15) is 18.8 Å². The van der Waals surface area contributed by atoms with E-state index in [-0.39, 0.29) is 28.6 Å². The highest BCUT2D eigenvalue weighted by Crippen LogP contribution is 2.29. The normalized spacial score (nSPS) is 11.6. The molecular weight excluding hydrogens is 587 g/mol. The van der Waals surface area contributed by atoms with Crippen molar-refractivity contribution >= 4 is 58.8 Å². The van der Waals surface area contributed by atoms with Gasteiger partial charge in [0.25, 0.3) is 0 Å². The molecule has 0 heterocycles. The molecule has 0 fully saturated rings. The van der Waals surface area contributed by atoms with Crippen LogP contribution in [0.25, 0.3) is 6.08 Å². The molecule has 0 radical (unpaired) electrons. The molecule has 3 amide bonds. The first-order chi connectivity index (χ1) is 21.0. The highest BCUT2D eigenvalue weighted by atomic mass is 35.5. The minimum Gasteiger partial charge on any atom is -0.340 e. The maximum absolute atomic E-state index is 14.9. The zero-order valence-corrected chi connectivity index (χ0v) is 25.3. The Kier molecular flexibility index (Phi) is 12.2. The van der Waals surface area contributed by atoms with Crippen molar-refractivity contribution < 1.29 is 18.8 Å². The molecular formula is C31H34ClFN8O3. The van der Waals surface area contributed by atoms with E-state index in [1.54, 1.807) is 36.4 Å². The zero-order chi connectivity index (χ0) is 32.2. The number of carbonyl (C=O) groups excluding carboxylic acids is 3. The molecule has 0 aliphatic carbocycles. The molecule has 11 nitrogen and oxygen atoms in total. The van der Waals surface area contributed by atoms with Gasteiger partial charge in [-0.3, -0.25) is 19.8 Å². The van der Waals surface area contributed by atoms with Crippen LogP contribution in [0, 0.1) is 23.7 Å². The van der Waals surface area contributed by atoms with E-state index in [4.69, 9.17) is 22.5 Å². The zero-order valence-electron chi connectivity index (χ0n) is 24.5. The molecule has 13 heteroatoms. The molecule has 0 spiro atoms. The van der Waals surface area contributed by atoms with Gasteiger partial charge in [-0.2, -0.15) is 5.53 Å². The predicted molar refractivity (Wildman–Crippen MR) is 171 cm³/mol. The maximum atomic E-state index is 14.9. The molecule has 0 aliphatic rings.